The summed E-state index contributed by atoms with van der Waals surface area (Å²) in [7, 11) is 1.68. The number of aryl methyl sites for hydroxylation is 2. The predicted octanol–water partition coefficient (Wildman–Crippen LogP) is 3.71. The molecule has 2 heterocycles. The maximum absolute atomic E-state index is 12.5. The third-order valence-corrected chi connectivity index (χ3v) is 7.01. The number of nitrogens with zero attached hydrogens (tertiary/aromatic N) is 2. The standard InChI is InChI=1S/C23H31N3O3S/c1-3-17-15-26(14-16-12-18(28-2)8-9-20(16)29-17)11-10-22(27)24-13-23-25-19-6-4-5-7-21(19)30-23/h8-9,12,17H,3-7,10-11,13-15H2,1-2H3,(H,24,27). The molecule has 162 valence electrons. The molecule has 1 aromatic heterocycles. The quantitative estimate of drug-likeness (QED) is 0.727. The van der Waals surface area contributed by atoms with E-state index in [-0.39, 0.29) is 12.0 Å². The molecule has 2 aromatic rings. The molecule has 30 heavy (non-hydrogen) atoms. The summed E-state index contributed by atoms with van der Waals surface area (Å²) in [6.45, 7) is 4.96. The lowest BCUT2D eigenvalue weighted by Gasteiger charge is -2.22. The van der Waals surface area contributed by atoms with Crippen LogP contribution in [0.25, 0.3) is 0 Å². The number of carbonyl (C=O) groups is 1. The van der Waals surface area contributed by atoms with Gasteiger partial charge in [-0.05, 0) is 50.3 Å². The van der Waals surface area contributed by atoms with Crippen LogP contribution in [0.4, 0.5) is 0 Å². The fourth-order valence-corrected chi connectivity index (χ4v) is 5.21. The maximum atomic E-state index is 12.5. The highest BCUT2D eigenvalue weighted by molar-refractivity contribution is 7.11. The van der Waals surface area contributed by atoms with Gasteiger partial charge in [-0.3, -0.25) is 9.69 Å². The van der Waals surface area contributed by atoms with Gasteiger partial charge in [0.2, 0.25) is 5.91 Å². The summed E-state index contributed by atoms with van der Waals surface area (Å²) in [5.74, 6) is 1.82. The number of benzene rings is 1. The molecule has 2 aliphatic rings. The molecule has 4 rings (SSSR count). The van der Waals surface area contributed by atoms with Crippen LogP contribution in [0.3, 0.4) is 0 Å². The van der Waals surface area contributed by atoms with E-state index in [1.165, 1.54) is 23.4 Å². The molecule has 1 atom stereocenters. The lowest BCUT2D eigenvalue weighted by Crippen LogP contribution is -2.35. The third-order valence-electron chi connectivity index (χ3n) is 5.85. The van der Waals surface area contributed by atoms with Crippen LogP contribution in [0, 0.1) is 0 Å². The normalized spacial score (nSPS) is 18.7. The highest BCUT2D eigenvalue weighted by Crippen LogP contribution is 2.30. The monoisotopic (exact) mass is 429 g/mol. The zero-order chi connectivity index (χ0) is 20.9. The topological polar surface area (TPSA) is 63.7 Å². The smallest absolute Gasteiger partial charge is 0.221 e. The van der Waals surface area contributed by atoms with Gasteiger partial charge in [-0.2, -0.15) is 0 Å². The molecule has 0 saturated heterocycles. The minimum atomic E-state index is 0.0762. The lowest BCUT2D eigenvalue weighted by molar-refractivity contribution is -0.121. The van der Waals surface area contributed by atoms with Crippen molar-refractivity contribution in [2.24, 2.45) is 0 Å². The first-order chi connectivity index (χ1) is 14.6. The van der Waals surface area contributed by atoms with Gasteiger partial charge in [-0.15, -0.1) is 11.3 Å². The number of hydrogen-bond acceptors (Lipinski definition) is 6. The number of carbonyl (C=O) groups excluding carboxylic acids is 1. The molecular weight excluding hydrogens is 398 g/mol. The third kappa shape index (κ3) is 5.13. The van der Waals surface area contributed by atoms with E-state index in [1.54, 1.807) is 18.4 Å². The molecule has 0 spiro atoms. The van der Waals surface area contributed by atoms with Gasteiger partial charge in [0, 0.05) is 36.5 Å². The zero-order valence-electron chi connectivity index (χ0n) is 17.9. The zero-order valence-corrected chi connectivity index (χ0v) is 18.7. The van der Waals surface area contributed by atoms with Gasteiger partial charge in [0.25, 0.3) is 0 Å². The van der Waals surface area contributed by atoms with Gasteiger partial charge in [0.15, 0.2) is 0 Å². The largest absolute Gasteiger partial charge is 0.497 e. The van der Waals surface area contributed by atoms with Gasteiger partial charge < -0.3 is 14.8 Å². The average Bonchev–Trinajstić information content (AvgIpc) is 3.10. The van der Waals surface area contributed by atoms with Crippen molar-refractivity contribution in [3.63, 3.8) is 0 Å². The number of aromatic nitrogens is 1. The molecule has 1 aliphatic carbocycles. The first kappa shape index (κ1) is 21.1. The van der Waals surface area contributed by atoms with Crippen molar-refractivity contribution < 1.29 is 14.3 Å². The SMILES string of the molecule is CCC1CN(CCC(=O)NCc2nc3c(s2)CCCC3)Cc2cc(OC)ccc2O1. The van der Waals surface area contributed by atoms with Gasteiger partial charge >= 0.3 is 0 Å². The minimum Gasteiger partial charge on any atom is -0.497 e. The van der Waals surface area contributed by atoms with Gasteiger partial charge in [-0.1, -0.05) is 6.92 Å². The lowest BCUT2D eigenvalue weighted by atomic mass is 10.0. The van der Waals surface area contributed by atoms with E-state index in [9.17, 15) is 4.79 Å². The van der Waals surface area contributed by atoms with Crippen molar-refractivity contribution in [1.29, 1.82) is 0 Å². The maximum Gasteiger partial charge on any atom is 0.221 e. The Morgan fingerprint density at radius 3 is 3.03 bits per heavy atom. The molecule has 7 heteroatoms. The molecule has 0 radical (unpaired) electrons. The molecule has 0 saturated carbocycles. The summed E-state index contributed by atoms with van der Waals surface area (Å²) in [4.78, 5) is 20.9. The van der Waals surface area contributed by atoms with Crippen LogP contribution >= 0.6 is 11.3 Å². The number of methoxy groups -OCH3 is 1. The molecule has 0 fully saturated rings. The molecule has 0 bridgehead atoms. The Hall–Kier alpha value is -2.12. The second-order valence-electron chi connectivity index (χ2n) is 8.07. The minimum absolute atomic E-state index is 0.0762. The molecule has 1 aromatic carbocycles. The van der Waals surface area contributed by atoms with E-state index in [1.807, 2.05) is 18.2 Å². The van der Waals surface area contributed by atoms with Crippen LogP contribution in [-0.2, 0) is 30.7 Å². The number of nitrogens with one attached hydrogen (secondary N) is 1. The first-order valence-corrected chi connectivity index (χ1v) is 11.8. The van der Waals surface area contributed by atoms with Crippen LogP contribution in [0.1, 0.15) is 53.7 Å². The average molecular weight is 430 g/mol. The summed E-state index contributed by atoms with van der Waals surface area (Å²) in [5.41, 5.74) is 2.36. The van der Waals surface area contributed by atoms with Crippen LogP contribution in [0.15, 0.2) is 18.2 Å². The van der Waals surface area contributed by atoms with Crippen molar-refractivity contribution in [2.45, 2.75) is 64.6 Å². The van der Waals surface area contributed by atoms with Crippen LogP contribution in [-0.4, -0.2) is 42.1 Å². The van der Waals surface area contributed by atoms with E-state index in [2.05, 4.69) is 17.1 Å². The van der Waals surface area contributed by atoms with E-state index in [0.29, 0.717) is 19.5 Å². The van der Waals surface area contributed by atoms with Crippen LogP contribution < -0.4 is 14.8 Å². The predicted molar refractivity (Wildman–Crippen MR) is 118 cm³/mol. The first-order valence-electron chi connectivity index (χ1n) is 10.9. The Morgan fingerprint density at radius 1 is 1.37 bits per heavy atom. The fourth-order valence-electron chi connectivity index (χ4n) is 4.12. The van der Waals surface area contributed by atoms with E-state index in [0.717, 1.165) is 54.4 Å². The number of ether oxygens (including phenoxy) is 2. The van der Waals surface area contributed by atoms with Crippen molar-refractivity contribution >= 4 is 17.2 Å². The molecular formula is C23H31N3O3S. The number of hydrogen-bond donors (Lipinski definition) is 1. The Kier molecular flexibility index (Phi) is 6.89. The summed E-state index contributed by atoms with van der Waals surface area (Å²) in [6, 6.07) is 5.95. The summed E-state index contributed by atoms with van der Waals surface area (Å²) >= 11 is 1.76. The van der Waals surface area contributed by atoms with E-state index >= 15 is 0 Å². The van der Waals surface area contributed by atoms with Crippen molar-refractivity contribution in [1.82, 2.24) is 15.2 Å². The summed E-state index contributed by atoms with van der Waals surface area (Å²) < 4.78 is 11.6. The van der Waals surface area contributed by atoms with Crippen molar-refractivity contribution in [3.05, 3.63) is 39.3 Å². The fraction of sp³-hybridized carbons (Fsp3) is 0.565. The molecule has 1 N–H and O–H groups in total. The van der Waals surface area contributed by atoms with Gasteiger partial charge in [-0.25, -0.2) is 4.98 Å². The highest BCUT2D eigenvalue weighted by Gasteiger charge is 2.23. The molecule has 1 aliphatic heterocycles. The Labute approximate surface area is 182 Å². The highest BCUT2D eigenvalue weighted by atomic mass is 32.1. The molecule has 1 unspecified atom stereocenters. The molecule has 1 amide bonds. The second kappa shape index (κ2) is 9.79. The van der Waals surface area contributed by atoms with Gasteiger partial charge in [0.05, 0.1) is 19.3 Å². The summed E-state index contributed by atoms with van der Waals surface area (Å²) in [5, 5.41) is 4.09. The Balaban J connectivity index is 1.31. The van der Waals surface area contributed by atoms with E-state index in [4.69, 9.17) is 14.5 Å². The van der Waals surface area contributed by atoms with Crippen LogP contribution in [0.2, 0.25) is 0 Å². The number of fused-ring (bicyclic) bond motifs is 2. The summed E-state index contributed by atoms with van der Waals surface area (Å²) in [6.07, 6.45) is 6.25. The van der Waals surface area contributed by atoms with Crippen LogP contribution in [0.5, 0.6) is 11.5 Å². The molecule has 6 nitrogen and oxygen atoms in total. The number of amides is 1. The number of rotatable bonds is 7. The Morgan fingerprint density at radius 2 is 2.23 bits per heavy atom. The van der Waals surface area contributed by atoms with Gasteiger partial charge in [0.1, 0.15) is 22.6 Å². The van der Waals surface area contributed by atoms with E-state index < -0.39 is 0 Å². The Bertz CT molecular complexity index is 859. The number of thiazole rings is 1. The van der Waals surface area contributed by atoms with Crippen molar-refractivity contribution in [3.8, 4) is 11.5 Å². The van der Waals surface area contributed by atoms with Crippen molar-refractivity contribution in [2.75, 3.05) is 20.2 Å². The second-order valence-corrected chi connectivity index (χ2v) is 9.24.